The first kappa shape index (κ1) is 27.7. The van der Waals surface area contributed by atoms with Crippen LogP contribution in [0.25, 0.3) is 6.08 Å². The van der Waals surface area contributed by atoms with E-state index in [1.807, 2.05) is 38.1 Å². The maximum Gasteiger partial charge on any atom is 0.325 e. The predicted octanol–water partition coefficient (Wildman–Crippen LogP) is 3.00. The minimum atomic E-state index is -1.16. The van der Waals surface area contributed by atoms with Gasteiger partial charge >= 0.3 is 5.97 Å². The minimum absolute atomic E-state index is 0.0775. The van der Waals surface area contributed by atoms with E-state index < -0.39 is 24.0 Å². The van der Waals surface area contributed by atoms with E-state index in [9.17, 15) is 24.0 Å². The third kappa shape index (κ3) is 6.85. The smallest absolute Gasteiger partial charge is 0.325 e. The quantitative estimate of drug-likeness (QED) is 0.370. The van der Waals surface area contributed by atoms with Gasteiger partial charge in [0.1, 0.15) is 12.1 Å². The molecule has 0 saturated heterocycles. The summed E-state index contributed by atoms with van der Waals surface area (Å²) in [7, 11) is 0. The van der Waals surface area contributed by atoms with Crippen LogP contribution in [0.3, 0.4) is 0 Å². The molecule has 0 bridgehead atoms. The third-order valence-corrected chi connectivity index (χ3v) is 6.85. The van der Waals surface area contributed by atoms with Crippen molar-refractivity contribution < 1.29 is 29.1 Å². The molecule has 2 atom stereocenters. The van der Waals surface area contributed by atoms with Gasteiger partial charge in [0.15, 0.2) is 0 Å². The van der Waals surface area contributed by atoms with Gasteiger partial charge in [-0.15, -0.1) is 0 Å². The van der Waals surface area contributed by atoms with Gasteiger partial charge in [0, 0.05) is 23.9 Å². The number of aliphatic carboxylic acids is 1. The molecule has 0 aromatic heterocycles. The Morgan fingerprint density at radius 2 is 1.73 bits per heavy atom. The molecule has 0 spiro atoms. The molecule has 1 aliphatic rings. The largest absolute Gasteiger partial charge is 0.480 e. The van der Waals surface area contributed by atoms with Gasteiger partial charge in [-0.3, -0.25) is 24.0 Å². The van der Waals surface area contributed by atoms with Crippen LogP contribution in [0.4, 0.5) is 0 Å². The predicted molar refractivity (Wildman–Crippen MR) is 140 cm³/mol. The number of Topliss-reactive ketones (excluding diaryl/α,β-unsaturated/α-hetero) is 1. The van der Waals surface area contributed by atoms with Gasteiger partial charge in [-0.2, -0.15) is 0 Å². The summed E-state index contributed by atoms with van der Waals surface area (Å²) in [5.41, 5.74) is 2.17. The molecule has 0 aliphatic carbocycles. The molecule has 3 rings (SSSR count). The molecule has 0 fully saturated rings. The molecule has 1 heterocycles. The Morgan fingerprint density at radius 3 is 2.38 bits per heavy atom. The summed E-state index contributed by atoms with van der Waals surface area (Å²) >= 11 is 1.16. The first-order valence-electron chi connectivity index (χ1n) is 11.7. The average Bonchev–Trinajstić information content (AvgIpc) is 3.15. The van der Waals surface area contributed by atoms with E-state index in [1.165, 1.54) is 13.8 Å². The lowest BCUT2D eigenvalue weighted by Crippen LogP contribution is -2.48. The Bertz CT molecular complexity index is 1290. The zero-order valence-corrected chi connectivity index (χ0v) is 21.8. The molecule has 2 aromatic rings. The van der Waals surface area contributed by atoms with Gasteiger partial charge in [-0.1, -0.05) is 49.9 Å². The number of amides is 3. The molecular weight excluding hydrogens is 494 g/mol. The molecule has 9 nitrogen and oxygen atoms in total. The van der Waals surface area contributed by atoms with Crippen LogP contribution in [0.15, 0.2) is 52.3 Å². The molecule has 0 unspecified atom stereocenters. The van der Waals surface area contributed by atoms with Crippen molar-refractivity contribution in [1.82, 2.24) is 16.0 Å². The van der Waals surface area contributed by atoms with Crippen LogP contribution >= 0.6 is 11.8 Å². The molecule has 2 aromatic carbocycles. The molecule has 10 heteroatoms. The number of carbonyl (C=O) groups is 5. The van der Waals surface area contributed by atoms with Crippen LogP contribution in [-0.4, -0.2) is 46.7 Å². The molecule has 0 radical (unpaired) electrons. The van der Waals surface area contributed by atoms with Gasteiger partial charge < -0.3 is 21.1 Å². The summed E-state index contributed by atoms with van der Waals surface area (Å²) in [5, 5.41) is 17.0. The lowest BCUT2D eigenvalue weighted by molar-refractivity contribution is -0.138. The van der Waals surface area contributed by atoms with Crippen molar-refractivity contribution in [2.45, 2.75) is 51.2 Å². The molecule has 194 valence electrons. The monoisotopic (exact) mass is 523 g/mol. The molecular formula is C27H29N3O6S. The first-order valence-corrected chi connectivity index (χ1v) is 12.5. The SMILES string of the molecule is CC(=O)N[C@H](C(=O)NCc1cccc(/C=C2\Sc3c(C(=O)N[C@@H](C)C(=O)O)cccc3C2=O)c1)C(C)C. The van der Waals surface area contributed by atoms with Crippen LogP contribution in [0, 0.1) is 5.92 Å². The summed E-state index contributed by atoms with van der Waals surface area (Å²) < 4.78 is 0. The highest BCUT2D eigenvalue weighted by molar-refractivity contribution is 8.05. The molecule has 4 N–H and O–H groups in total. The minimum Gasteiger partial charge on any atom is -0.480 e. The maximum atomic E-state index is 13.0. The van der Waals surface area contributed by atoms with Crippen molar-refractivity contribution in [2.75, 3.05) is 0 Å². The summed E-state index contributed by atoms with van der Waals surface area (Å²) in [5.74, 6) is -2.59. The Kier molecular flexibility index (Phi) is 8.88. The van der Waals surface area contributed by atoms with Crippen molar-refractivity contribution in [1.29, 1.82) is 0 Å². The van der Waals surface area contributed by atoms with E-state index in [0.717, 1.165) is 22.9 Å². The number of ketones is 1. The number of carboxylic acid groups (broad SMARTS) is 1. The number of benzene rings is 2. The number of allylic oxidation sites excluding steroid dienone is 1. The van der Waals surface area contributed by atoms with E-state index in [0.29, 0.717) is 15.4 Å². The fourth-order valence-corrected chi connectivity index (χ4v) is 4.88. The van der Waals surface area contributed by atoms with E-state index in [1.54, 1.807) is 24.3 Å². The summed E-state index contributed by atoms with van der Waals surface area (Å²) in [6.45, 7) is 6.68. The number of rotatable bonds is 9. The average molecular weight is 524 g/mol. The van der Waals surface area contributed by atoms with Crippen molar-refractivity contribution in [3.05, 3.63) is 69.6 Å². The number of hydrogen-bond acceptors (Lipinski definition) is 6. The normalized spacial score (nSPS) is 15.2. The number of carbonyl (C=O) groups excluding carboxylic acids is 4. The standard InChI is InChI=1S/C27H29N3O6S/c1-14(2)22(30-16(4)31)26(34)28-13-18-8-5-7-17(11-18)12-21-23(32)19-9-6-10-20(24(19)37-21)25(33)29-15(3)27(35)36/h5-12,14-15,22H,13H2,1-4H3,(H,28,34)(H,29,33)(H,30,31)(H,35,36)/b21-12-/t15-,22-/m0/s1. The zero-order chi connectivity index (χ0) is 27.3. The lowest BCUT2D eigenvalue weighted by Gasteiger charge is -2.21. The summed E-state index contributed by atoms with van der Waals surface area (Å²) in [4.78, 5) is 61.6. The highest BCUT2D eigenvalue weighted by Crippen LogP contribution is 2.43. The Balaban J connectivity index is 1.75. The van der Waals surface area contributed by atoms with Crippen LogP contribution in [-0.2, 0) is 20.9 Å². The van der Waals surface area contributed by atoms with Crippen molar-refractivity contribution in [3.8, 4) is 0 Å². The van der Waals surface area contributed by atoms with Crippen LogP contribution in [0.1, 0.15) is 59.5 Å². The van der Waals surface area contributed by atoms with E-state index in [-0.39, 0.29) is 35.6 Å². The molecule has 1 aliphatic heterocycles. The number of fused-ring (bicyclic) bond motifs is 1. The van der Waals surface area contributed by atoms with Gasteiger partial charge in [0.05, 0.1) is 10.5 Å². The topological polar surface area (TPSA) is 142 Å². The second-order valence-corrected chi connectivity index (χ2v) is 10.1. The fraction of sp³-hybridized carbons (Fsp3) is 0.296. The maximum absolute atomic E-state index is 13.0. The number of thioether (sulfide) groups is 1. The van der Waals surface area contributed by atoms with Crippen molar-refractivity contribution >= 4 is 47.3 Å². The lowest BCUT2D eigenvalue weighted by atomic mass is 10.0. The summed E-state index contributed by atoms with van der Waals surface area (Å²) in [6.07, 6.45) is 1.72. The molecule has 0 saturated carbocycles. The van der Waals surface area contributed by atoms with Gasteiger partial charge in [0.25, 0.3) is 5.91 Å². The highest BCUT2D eigenvalue weighted by atomic mass is 32.2. The second-order valence-electron chi connectivity index (χ2n) is 9.04. The summed E-state index contributed by atoms with van der Waals surface area (Å²) in [6, 6.07) is 10.4. The molecule has 37 heavy (non-hydrogen) atoms. The highest BCUT2D eigenvalue weighted by Gasteiger charge is 2.30. The van der Waals surface area contributed by atoms with Crippen molar-refractivity contribution in [2.24, 2.45) is 5.92 Å². The number of carboxylic acids is 1. The van der Waals surface area contributed by atoms with E-state index in [4.69, 9.17) is 5.11 Å². The Hall–Kier alpha value is -3.92. The zero-order valence-electron chi connectivity index (χ0n) is 21.0. The van der Waals surface area contributed by atoms with Crippen LogP contribution < -0.4 is 16.0 Å². The second kappa shape index (κ2) is 11.9. The van der Waals surface area contributed by atoms with E-state index >= 15 is 0 Å². The van der Waals surface area contributed by atoms with Gasteiger partial charge in [-0.05, 0) is 48.2 Å². The Morgan fingerprint density at radius 1 is 1.03 bits per heavy atom. The van der Waals surface area contributed by atoms with Crippen LogP contribution in [0.2, 0.25) is 0 Å². The van der Waals surface area contributed by atoms with Gasteiger partial charge in [-0.25, -0.2) is 0 Å². The Labute approximate surface area is 219 Å². The van der Waals surface area contributed by atoms with Crippen LogP contribution in [0.5, 0.6) is 0 Å². The fourth-order valence-electron chi connectivity index (χ4n) is 3.72. The number of hydrogen-bond donors (Lipinski definition) is 4. The van der Waals surface area contributed by atoms with E-state index in [2.05, 4.69) is 16.0 Å². The first-order chi connectivity index (χ1) is 17.5. The van der Waals surface area contributed by atoms with Gasteiger partial charge in [0.2, 0.25) is 17.6 Å². The third-order valence-electron chi connectivity index (χ3n) is 5.68. The molecule has 3 amide bonds. The van der Waals surface area contributed by atoms with Crippen molar-refractivity contribution in [3.63, 3.8) is 0 Å². The number of nitrogens with one attached hydrogen (secondary N) is 3.